The smallest absolute Gasteiger partial charge is 0.272 e. The molecule has 0 saturated heterocycles. The first-order chi connectivity index (χ1) is 22.8. The molecule has 1 saturated carbocycles. The number of rotatable bonds is 7. The summed E-state index contributed by atoms with van der Waals surface area (Å²) in [6.45, 7) is 0.751. The number of likely N-dealkylation sites (N-methyl/N-ethyl adjacent to an activating group) is 1. The fourth-order valence-electron chi connectivity index (χ4n) is 5.96. The van der Waals surface area contributed by atoms with E-state index in [1.165, 1.54) is 36.2 Å². The number of nitrogens with two attached hydrogens (primary N) is 1. The van der Waals surface area contributed by atoms with Crippen molar-refractivity contribution >= 4 is 49.6 Å². The molecule has 6 rings (SSSR count). The summed E-state index contributed by atoms with van der Waals surface area (Å²) in [4.78, 5) is 32.9. The zero-order chi connectivity index (χ0) is 34.3. The van der Waals surface area contributed by atoms with Crippen LogP contribution in [0.3, 0.4) is 0 Å². The zero-order valence-corrected chi connectivity index (χ0v) is 27.0. The Kier molecular flexibility index (Phi) is 8.94. The van der Waals surface area contributed by atoms with Crippen LogP contribution in [0, 0.1) is 5.82 Å². The molecule has 252 valence electrons. The molecule has 2 atom stereocenters. The van der Waals surface area contributed by atoms with Gasteiger partial charge < -0.3 is 26.0 Å². The SMILES string of the molecule is C[C@H]1CC(=O)Nc2ccc(S(=O)(=O)C3CC3)c(c2)CN(C)C(=O)[C@H](Nc2ccc3c(N)ncc(F)c3c2)c2ccc(OCC(F)F)c1c2. The Balaban J connectivity index is 1.46. The van der Waals surface area contributed by atoms with Crippen molar-refractivity contribution in [2.45, 2.75) is 61.3 Å². The van der Waals surface area contributed by atoms with Crippen LogP contribution in [0.4, 0.5) is 30.4 Å². The standard InChI is InChI=1S/C34H34F3N5O5S/c1-18-11-31(43)40-21-5-10-29(48(45,46)23-6-7-23)20(12-21)16-42(2)34(44)32(19-3-9-28(25(18)13-19)47-17-30(36)37)41-22-4-8-24-26(14-22)27(35)15-39-33(24)38/h3-5,8-10,12-15,18,23,30,32,41H,6-7,11,16-17H2,1-2H3,(H2,38,39)(H,40,43)/t18-,32+/m0/s1. The summed E-state index contributed by atoms with van der Waals surface area (Å²) < 4.78 is 73.3. The van der Waals surface area contributed by atoms with Crippen LogP contribution in [-0.4, -0.2) is 55.4 Å². The Morgan fingerprint density at radius 2 is 1.85 bits per heavy atom. The van der Waals surface area contributed by atoms with Crippen molar-refractivity contribution < 1.29 is 35.9 Å². The summed E-state index contributed by atoms with van der Waals surface area (Å²) >= 11 is 0. The van der Waals surface area contributed by atoms with Crippen molar-refractivity contribution in [2.24, 2.45) is 0 Å². The van der Waals surface area contributed by atoms with Crippen molar-refractivity contribution in [2.75, 3.05) is 30.0 Å². The van der Waals surface area contributed by atoms with E-state index in [0.717, 1.165) is 6.20 Å². The first-order valence-corrected chi connectivity index (χ1v) is 16.9. The molecule has 0 unspecified atom stereocenters. The van der Waals surface area contributed by atoms with Gasteiger partial charge in [-0.2, -0.15) is 0 Å². The van der Waals surface area contributed by atoms with Crippen molar-refractivity contribution in [3.05, 3.63) is 83.3 Å². The third-order valence-corrected chi connectivity index (χ3v) is 10.9. The predicted octanol–water partition coefficient (Wildman–Crippen LogP) is 5.79. The second kappa shape index (κ2) is 13.0. The Bertz CT molecular complexity index is 2020. The highest BCUT2D eigenvalue weighted by Crippen LogP contribution is 2.38. The molecule has 3 aromatic carbocycles. The Labute approximate surface area is 275 Å². The number of nitrogens with one attached hydrogen (secondary N) is 2. The maximum absolute atomic E-state index is 14.8. The third-order valence-electron chi connectivity index (χ3n) is 8.58. The number of carbonyl (C=O) groups excluding carboxylic acids is 2. The Morgan fingerprint density at radius 3 is 2.58 bits per heavy atom. The topological polar surface area (TPSA) is 144 Å². The number of carbonyl (C=O) groups is 2. The van der Waals surface area contributed by atoms with E-state index in [9.17, 15) is 31.2 Å². The van der Waals surface area contributed by atoms with Crippen LogP contribution in [0.2, 0.25) is 0 Å². The second-order valence-corrected chi connectivity index (χ2v) is 14.4. The molecule has 4 N–H and O–H groups in total. The number of nitrogen functional groups attached to an aromatic ring is 1. The van der Waals surface area contributed by atoms with E-state index in [1.807, 2.05) is 0 Å². The lowest BCUT2D eigenvalue weighted by Gasteiger charge is -2.28. The molecule has 1 aliphatic heterocycles. The fraction of sp³-hybridized carbons (Fsp3) is 0.324. The van der Waals surface area contributed by atoms with Gasteiger partial charge in [-0.15, -0.1) is 0 Å². The van der Waals surface area contributed by atoms with Crippen LogP contribution in [-0.2, 0) is 26.0 Å². The molecule has 1 aliphatic carbocycles. The van der Waals surface area contributed by atoms with Crippen molar-refractivity contribution in [3.8, 4) is 5.75 Å². The van der Waals surface area contributed by atoms with Crippen molar-refractivity contribution in [1.29, 1.82) is 0 Å². The van der Waals surface area contributed by atoms with Gasteiger partial charge in [0, 0.05) is 42.2 Å². The molecular weight excluding hydrogens is 647 g/mol. The Morgan fingerprint density at radius 1 is 1.08 bits per heavy atom. The molecule has 1 aromatic heterocycles. The van der Waals surface area contributed by atoms with Crippen LogP contribution in [0.5, 0.6) is 5.75 Å². The van der Waals surface area contributed by atoms with E-state index in [-0.39, 0.29) is 40.7 Å². The highest BCUT2D eigenvalue weighted by molar-refractivity contribution is 7.92. The highest BCUT2D eigenvalue weighted by Gasteiger charge is 2.38. The number of aromatic nitrogens is 1. The number of pyridine rings is 1. The van der Waals surface area contributed by atoms with Gasteiger partial charge in [0.05, 0.1) is 16.3 Å². The lowest BCUT2D eigenvalue weighted by molar-refractivity contribution is -0.131. The second-order valence-electron chi connectivity index (χ2n) is 12.2. The first kappa shape index (κ1) is 33.1. The first-order valence-electron chi connectivity index (χ1n) is 15.4. The molecule has 1 fully saturated rings. The van der Waals surface area contributed by atoms with Gasteiger partial charge in [-0.25, -0.2) is 26.6 Å². The average Bonchev–Trinajstić information content (AvgIpc) is 3.90. The molecule has 0 spiro atoms. The third kappa shape index (κ3) is 6.75. The molecular formula is C34H34F3N5O5S. The van der Waals surface area contributed by atoms with E-state index < -0.39 is 51.8 Å². The number of benzene rings is 3. The molecule has 4 bridgehead atoms. The number of halogens is 3. The molecule has 2 heterocycles. The van der Waals surface area contributed by atoms with Crippen LogP contribution in [0.25, 0.3) is 10.8 Å². The van der Waals surface area contributed by atoms with Crippen molar-refractivity contribution in [3.63, 3.8) is 0 Å². The maximum atomic E-state index is 14.8. The van der Waals surface area contributed by atoms with E-state index in [1.54, 1.807) is 37.3 Å². The molecule has 0 radical (unpaired) electrons. The average molecular weight is 682 g/mol. The minimum absolute atomic E-state index is 0.0721. The number of ether oxygens (including phenoxy) is 1. The largest absolute Gasteiger partial charge is 0.487 e. The molecule has 4 aromatic rings. The minimum atomic E-state index is -3.67. The van der Waals surface area contributed by atoms with Gasteiger partial charge in [-0.05, 0) is 84.0 Å². The lowest BCUT2D eigenvalue weighted by atomic mass is 9.92. The number of hydrogen-bond acceptors (Lipinski definition) is 8. The number of sulfone groups is 1. The summed E-state index contributed by atoms with van der Waals surface area (Å²) in [6.07, 6.45) is -0.710. The summed E-state index contributed by atoms with van der Waals surface area (Å²) in [5.41, 5.74) is 7.83. The van der Waals surface area contributed by atoms with E-state index in [2.05, 4.69) is 15.6 Å². The van der Waals surface area contributed by atoms with E-state index in [0.29, 0.717) is 46.3 Å². The fourth-order valence-corrected chi connectivity index (χ4v) is 7.82. The molecule has 2 amide bonds. The van der Waals surface area contributed by atoms with Gasteiger partial charge >= 0.3 is 0 Å². The van der Waals surface area contributed by atoms with Crippen molar-refractivity contribution in [1.82, 2.24) is 9.88 Å². The molecule has 2 aliphatic rings. The summed E-state index contributed by atoms with van der Waals surface area (Å²) in [5, 5.41) is 6.05. The summed E-state index contributed by atoms with van der Waals surface area (Å²) in [7, 11) is -2.14. The number of alkyl halides is 2. The lowest BCUT2D eigenvalue weighted by Crippen LogP contribution is -2.35. The quantitative estimate of drug-likeness (QED) is 0.222. The van der Waals surface area contributed by atoms with Gasteiger partial charge in [0.1, 0.15) is 30.0 Å². The monoisotopic (exact) mass is 681 g/mol. The zero-order valence-electron chi connectivity index (χ0n) is 26.2. The number of hydrogen-bond donors (Lipinski definition) is 3. The van der Waals surface area contributed by atoms with Gasteiger partial charge in [0.15, 0.2) is 9.84 Å². The molecule has 10 nitrogen and oxygen atoms in total. The summed E-state index contributed by atoms with van der Waals surface area (Å²) in [6, 6.07) is 12.8. The Hall–Kier alpha value is -4.85. The highest BCUT2D eigenvalue weighted by atomic mass is 32.2. The minimum Gasteiger partial charge on any atom is -0.487 e. The summed E-state index contributed by atoms with van der Waals surface area (Å²) in [5.74, 6) is -1.75. The molecule has 48 heavy (non-hydrogen) atoms. The van der Waals surface area contributed by atoms with Gasteiger partial charge in [-0.1, -0.05) is 13.0 Å². The predicted molar refractivity (Wildman–Crippen MR) is 175 cm³/mol. The van der Waals surface area contributed by atoms with Crippen LogP contribution >= 0.6 is 0 Å². The normalized spacial score (nSPS) is 18.8. The number of nitrogens with zero attached hydrogens (tertiary/aromatic N) is 2. The van der Waals surface area contributed by atoms with Crippen LogP contribution in [0.1, 0.15) is 54.8 Å². The van der Waals surface area contributed by atoms with E-state index in [4.69, 9.17) is 10.5 Å². The molecule has 14 heteroatoms. The van der Waals surface area contributed by atoms with Gasteiger partial charge in [-0.3, -0.25) is 9.59 Å². The number of fused-ring (bicyclic) bond motifs is 5. The number of amides is 2. The van der Waals surface area contributed by atoms with Crippen LogP contribution in [0.15, 0.2) is 65.7 Å². The van der Waals surface area contributed by atoms with E-state index >= 15 is 0 Å². The number of anilines is 3. The maximum Gasteiger partial charge on any atom is 0.272 e. The van der Waals surface area contributed by atoms with Crippen LogP contribution < -0.4 is 21.1 Å². The van der Waals surface area contributed by atoms with Gasteiger partial charge in [0.2, 0.25) is 11.8 Å². The van der Waals surface area contributed by atoms with Gasteiger partial charge in [0.25, 0.3) is 6.43 Å².